The summed E-state index contributed by atoms with van der Waals surface area (Å²) >= 11 is 0. The molecule has 9 nitrogen and oxygen atoms in total. The Labute approximate surface area is 222 Å². The second-order valence-corrected chi connectivity index (χ2v) is 10.1. The summed E-state index contributed by atoms with van der Waals surface area (Å²) in [5, 5.41) is 28.8. The maximum Gasteiger partial charge on any atom is 0.164 e. The zero-order valence-electron chi connectivity index (χ0n) is 21.5. The zero-order chi connectivity index (χ0) is 26.1. The minimum Gasteiger partial charge on any atom is -0.388 e. The molecule has 0 aliphatic carbocycles. The number of aromatic nitrogens is 3. The van der Waals surface area contributed by atoms with E-state index >= 15 is 0 Å². The van der Waals surface area contributed by atoms with E-state index in [1.165, 1.54) is 11.9 Å². The van der Waals surface area contributed by atoms with Gasteiger partial charge in [0.15, 0.2) is 6.23 Å². The molecule has 2 aliphatic heterocycles. The monoisotopic (exact) mass is 514 g/mol. The summed E-state index contributed by atoms with van der Waals surface area (Å²) < 4.78 is 7.75. The van der Waals surface area contributed by atoms with Gasteiger partial charge < -0.3 is 35.1 Å². The third kappa shape index (κ3) is 4.91. The van der Waals surface area contributed by atoms with Crippen LogP contribution in [0.3, 0.4) is 0 Å². The number of nitrogens with one attached hydrogen (secondary N) is 2. The van der Waals surface area contributed by atoms with E-state index in [2.05, 4.69) is 49.8 Å². The van der Waals surface area contributed by atoms with Crippen molar-refractivity contribution < 1.29 is 14.9 Å². The highest BCUT2D eigenvalue weighted by molar-refractivity contribution is 6.02. The number of aliphatic hydroxyl groups excluding tert-OH is 2. The van der Waals surface area contributed by atoms with Crippen LogP contribution in [-0.2, 0) is 11.2 Å². The van der Waals surface area contributed by atoms with Crippen molar-refractivity contribution in [3.05, 3.63) is 72.7 Å². The Hall–Kier alpha value is -3.34. The lowest BCUT2D eigenvalue weighted by atomic mass is 10.1. The van der Waals surface area contributed by atoms with Crippen LogP contribution >= 0.6 is 0 Å². The maximum atomic E-state index is 10.7. The second kappa shape index (κ2) is 10.8. The van der Waals surface area contributed by atoms with Gasteiger partial charge in [0.25, 0.3) is 0 Å². The molecule has 0 unspecified atom stereocenters. The SMILES string of the molecule is C[C@H]1O[C@@H](n2cc(-c3ccccc3)c3c(Nc4ccc(CCN5CCNCC5)cc4)ncnc32)[C@H](O)[C@@H]1O. The molecule has 0 spiro atoms. The molecule has 0 radical (unpaired) electrons. The normalized spacial score (nSPS) is 24.2. The third-order valence-corrected chi connectivity index (χ3v) is 7.59. The van der Waals surface area contributed by atoms with Gasteiger partial charge in [0.2, 0.25) is 0 Å². The van der Waals surface area contributed by atoms with Crippen LogP contribution < -0.4 is 10.6 Å². The third-order valence-electron chi connectivity index (χ3n) is 7.59. The molecular formula is C29H34N6O3. The molecule has 4 atom stereocenters. The fourth-order valence-corrected chi connectivity index (χ4v) is 5.38. The molecule has 38 heavy (non-hydrogen) atoms. The topological polar surface area (TPSA) is 108 Å². The van der Waals surface area contributed by atoms with E-state index in [9.17, 15) is 10.2 Å². The fraction of sp³-hybridized carbons (Fsp3) is 0.379. The molecule has 2 saturated heterocycles. The average Bonchev–Trinajstić information content (AvgIpc) is 3.47. The van der Waals surface area contributed by atoms with E-state index < -0.39 is 24.5 Å². The van der Waals surface area contributed by atoms with Crippen LogP contribution in [-0.4, -0.2) is 80.7 Å². The molecule has 198 valence electrons. The van der Waals surface area contributed by atoms with Crippen molar-refractivity contribution in [3.8, 4) is 11.1 Å². The van der Waals surface area contributed by atoms with Gasteiger partial charge in [0.1, 0.15) is 30.0 Å². The predicted octanol–water partition coefficient (Wildman–Crippen LogP) is 2.93. The van der Waals surface area contributed by atoms with Crippen LogP contribution in [0.5, 0.6) is 0 Å². The van der Waals surface area contributed by atoms with Gasteiger partial charge in [-0.2, -0.15) is 0 Å². The van der Waals surface area contributed by atoms with Crippen LogP contribution in [0.25, 0.3) is 22.2 Å². The van der Waals surface area contributed by atoms with Gasteiger partial charge in [-0.3, -0.25) is 0 Å². The van der Waals surface area contributed by atoms with Gasteiger partial charge in [-0.25, -0.2) is 9.97 Å². The first-order valence-electron chi connectivity index (χ1n) is 13.3. The Morgan fingerprint density at radius 1 is 1.00 bits per heavy atom. The molecule has 4 aromatic rings. The Bertz CT molecular complexity index is 1370. The van der Waals surface area contributed by atoms with E-state index in [0.29, 0.717) is 11.5 Å². The van der Waals surface area contributed by atoms with Crippen LogP contribution in [0.1, 0.15) is 18.7 Å². The van der Waals surface area contributed by atoms with Gasteiger partial charge in [0, 0.05) is 50.2 Å². The summed E-state index contributed by atoms with van der Waals surface area (Å²) in [6.45, 7) is 7.16. The summed E-state index contributed by atoms with van der Waals surface area (Å²) in [7, 11) is 0. The van der Waals surface area contributed by atoms with Crippen molar-refractivity contribution in [1.82, 2.24) is 24.8 Å². The minimum absolute atomic E-state index is 0.489. The number of nitrogens with zero attached hydrogens (tertiary/aromatic N) is 4. The van der Waals surface area contributed by atoms with Gasteiger partial charge in [0.05, 0.1) is 11.5 Å². The maximum absolute atomic E-state index is 10.7. The van der Waals surface area contributed by atoms with Crippen molar-refractivity contribution in [2.45, 2.75) is 37.9 Å². The zero-order valence-corrected chi connectivity index (χ0v) is 21.5. The van der Waals surface area contributed by atoms with Gasteiger partial charge in [-0.05, 0) is 36.6 Å². The quantitative estimate of drug-likeness (QED) is 0.298. The molecule has 0 amide bonds. The number of rotatable bonds is 7. The molecule has 4 heterocycles. The predicted molar refractivity (Wildman–Crippen MR) is 147 cm³/mol. The molecule has 0 bridgehead atoms. The summed E-state index contributed by atoms with van der Waals surface area (Å²) in [5.74, 6) is 0.669. The van der Waals surface area contributed by atoms with Crippen molar-refractivity contribution in [2.75, 3.05) is 38.0 Å². The van der Waals surface area contributed by atoms with E-state index in [-0.39, 0.29) is 0 Å². The molecule has 4 N–H and O–H groups in total. The number of hydrogen-bond acceptors (Lipinski definition) is 8. The standard InChI is InChI=1S/C29H34N6O3/c1-19-25(36)26(37)29(38-19)35-17-23(21-5-3-2-4-6-21)24-27(31-18-32-28(24)35)33-22-9-7-20(8-10-22)11-14-34-15-12-30-13-16-34/h2-10,17-19,25-26,29-30,36-37H,11-16H2,1H3,(H,31,32,33)/t19-,25-,26-,29-/m1/s1. The van der Waals surface area contributed by atoms with E-state index in [1.54, 1.807) is 11.5 Å². The summed E-state index contributed by atoms with van der Waals surface area (Å²) in [6, 6.07) is 18.5. The van der Waals surface area contributed by atoms with Crippen LogP contribution in [0.2, 0.25) is 0 Å². The lowest BCUT2D eigenvalue weighted by Crippen LogP contribution is -2.44. The number of piperazine rings is 1. The number of hydrogen-bond donors (Lipinski definition) is 4. The highest BCUT2D eigenvalue weighted by atomic mass is 16.6. The Balaban J connectivity index is 1.31. The van der Waals surface area contributed by atoms with Crippen LogP contribution in [0.15, 0.2) is 67.1 Å². The minimum atomic E-state index is -1.07. The van der Waals surface area contributed by atoms with Crippen molar-refractivity contribution in [1.29, 1.82) is 0 Å². The number of benzene rings is 2. The van der Waals surface area contributed by atoms with E-state index in [1.807, 2.05) is 36.5 Å². The summed E-state index contributed by atoms with van der Waals surface area (Å²) in [6.07, 6.45) is 1.19. The lowest BCUT2D eigenvalue weighted by molar-refractivity contribution is -0.0295. The van der Waals surface area contributed by atoms with Gasteiger partial charge in [-0.1, -0.05) is 42.5 Å². The fourth-order valence-electron chi connectivity index (χ4n) is 5.38. The molecule has 0 saturated carbocycles. The molecular weight excluding hydrogens is 480 g/mol. The number of ether oxygens (including phenoxy) is 1. The molecule has 2 fully saturated rings. The molecule has 2 aromatic carbocycles. The van der Waals surface area contributed by atoms with Gasteiger partial charge >= 0.3 is 0 Å². The Morgan fingerprint density at radius 3 is 2.47 bits per heavy atom. The molecule has 2 aliphatic rings. The van der Waals surface area contributed by atoms with Crippen molar-refractivity contribution in [3.63, 3.8) is 0 Å². The number of aliphatic hydroxyl groups is 2. The summed E-state index contributed by atoms with van der Waals surface area (Å²) in [4.78, 5) is 11.7. The highest BCUT2D eigenvalue weighted by Gasteiger charge is 2.42. The van der Waals surface area contributed by atoms with Crippen molar-refractivity contribution >= 4 is 22.5 Å². The highest BCUT2D eigenvalue weighted by Crippen LogP contribution is 2.39. The number of anilines is 2. The smallest absolute Gasteiger partial charge is 0.164 e. The summed E-state index contributed by atoms with van der Waals surface area (Å²) in [5.41, 5.74) is 4.78. The number of fused-ring (bicyclic) bond motifs is 1. The molecule has 6 rings (SSSR count). The van der Waals surface area contributed by atoms with Crippen molar-refractivity contribution in [2.24, 2.45) is 0 Å². The molecule has 9 heteroatoms. The van der Waals surface area contributed by atoms with Crippen LogP contribution in [0.4, 0.5) is 11.5 Å². The van der Waals surface area contributed by atoms with Gasteiger partial charge in [-0.15, -0.1) is 0 Å². The first-order valence-corrected chi connectivity index (χ1v) is 13.3. The lowest BCUT2D eigenvalue weighted by Gasteiger charge is -2.27. The average molecular weight is 515 g/mol. The van der Waals surface area contributed by atoms with E-state index in [4.69, 9.17) is 4.74 Å². The largest absolute Gasteiger partial charge is 0.388 e. The first kappa shape index (κ1) is 25.0. The molecule has 2 aromatic heterocycles. The Morgan fingerprint density at radius 2 is 1.76 bits per heavy atom. The first-order chi connectivity index (χ1) is 18.6. The van der Waals surface area contributed by atoms with E-state index in [0.717, 1.165) is 61.3 Å². The van der Waals surface area contributed by atoms with Crippen LogP contribution in [0, 0.1) is 0 Å². The second-order valence-electron chi connectivity index (χ2n) is 10.1. The Kier molecular flexibility index (Phi) is 7.10.